The van der Waals surface area contributed by atoms with Gasteiger partial charge in [0.25, 0.3) is 0 Å². The number of piperidine rings is 1. The Labute approximate surface area is 157 Å². The van der Waals surface area contributed by atoms with Crippen LogP contribution in [0.25, 0.3) is 0 Å². The molecule has 1 N–H and O–H groups in total. The van der Waals surface area contributed by atoms with Crippen LogP contribution in [0.2, 0.25) is 0 Å². The number of rotatable bonds is 5. The van der Waals surface area contributed by atoms with Crippen molar-refractivity contribution in [1.82, 2.24) is 5.32 Å². The Hall–Kier alpha value is -2.96. The minimum absolute atomic E-state index is 0.0102. The molecular weight excluding hydrogens is 349 g/mol. The first-order valence-electron chi connectivity index (χ1n) is 8.97. The highest BCUT2D eigenvalue weighted by atomic mass is 19.1. The van der Waals surface area contributed by atoms with E-state index in [1.54, 1.807) is 11.0 Å². The van der Waals surface area contributed by atoms with Crippen LogP contribution in [0.15, 0.2) is 42.5 Å². The highest BCUT2D eigenvalue weighted by Gasteiger charge is 2.29. The number of nitrogens with one attached hydrogen (secondary N) is 1. The first kappa shape index (κ1) is 18.8. The SMILES string of the molecule is Cc1ccc(CNC(=O)C2CCN(c3cccc(F)c3[N+](=O)[O-])CC2)cc1. The van der Waals surface area contributed by atoms with Gasteiger partial charge in [-0.2, -0.15) is 4.39 Å². The molecule has 1 heterocycles. The molecule has 1 fully saturated rings. The maximum absolute atomic E-state index is 13.8. The number of nitro groups is 1. The molecule has 0 aromatic heterocycles. The second-order valence-corrected chi connectivity index (χ2v) is 6.83. The van der Waals surface area contributed by atoms with E-state index in [0.29, 0.717) is 32.5 Å². The first-order valence-corrected chi connectivity index (χ1v) is 8.97. The first-order chi connectivity index (χ1) is 13.0. The summed E-state index contributed by atoms with van der Waals surface area (Å²) in [6.07, 6.45) is 1.15. The summed E-state index contributed by atoms with van der Waals surface area (Å²) in [6.45, 7) is 3.45. The summed E-state index contributed by atoms with van der Waals surface area (Å²) in [5, 5.41) is 14.1. The zero-order chi connectivity index (χ0) is 19.4. The third kappa shape index (κ3) is 4.42. The van der Waals surface area contributed by atoms with Crippen molar-refractivity contribution in [3.8, 4) is 0 Å². The third-order valence-electron chi connectivity index (χ3n) is 4.94. The van der Waals surface area contributed by atoms with Crippen molar-refractivity contribution >= 4 is 17.3 Å². The summed E-state index contributed by atoms with van der Waals surface area (Å²) in [7, 11) is 0. The fourth-order valence-electron chi connectivity index (χ4n) is 3.36. The molecule has 0 radical (unpaired) electrons. The van der Waals surface area contributed by atoms with Crippen LogP contribution in [-0.2, 0) is 11.3 Å². The van der Waals surface area contributed by atoms with Gasteiger partial charge in [-0.05, 0) is 37.5 Å². The van der Waals surface area contributed by atoms with Crippen molar-refractivity contribution in [2.75, 3.05) is 18.0 Å². The number of hydrogen-bond donors (Lipinski definition) is 1. The zero-order valence-electron chi connectivity index (χ0n) is 15.2. The average Bonchev–Trinajstić information content (AvgIpc) is 2.67. The van der Waals surface area contributed by atoms with E-state index in [2.05, 4.69) is 5.32 Å². The summed E-state index contributed by atoms with van der Waals surface area (Å²) in [6, 6.07) is 12.1. The molecule has 2 aromatic carbocycles. The molecule has 6 nitrogen and oxygen atoms in total. The van der Waals surface area contributed by atoms with Crippen LogP contribution in [-0.4, -0.2) is 23.9 Å². The summed E-state index contributed by atoms with van der Waals surface area (Å²) in [4.78, 5) is 24.7. The molecule has 7 heteroatoms. The number of nitro benzene ring substituents is 1. The standard InChI is InChI=1S/C20H22FN3O3/c1-14-5-7-15(8-6-14)13-22-20(25)16-9-11-23(12-10-16)18-4-2-3-17(21)19(18)24(26)27/h2-8,16H,9-13H2,1H3,(H,22,25). The second kappa shape index (κ2) is 8.16. The number of hydrogen-bond acceptors (Lipinski definition) is 4. The Morgan fingerprint density at radius 3 is 2.52 bits per heavy atom. The summed E-state index contributed by atoms with van der Waals surface area (Å²) in [5.41, 5.74) is 1.99. The molecule has 2 aromatic rings. The van der Waals surface area contributed by atoms with E-state index in [-0.39, 0.29) is 17.5 Å². The van der Waals surface area contributed by atoms with Gasteiger partial charge in [0, 0.05) is 25.6 Å². The van der Waals surface area contributed by atoms with E-state index in [9.17, 15) is 19.3 Å². The van der Waals surface area contributed by atoms with E-state index in [4.69, 9.17) is 0 Å². The number of carbonyl (C=O) groups is 1. The number of aryl methyl sites for hydroxylation is 1. The second-order valence-electron chi connectivity index (χ2n) is 6.83. The van der Waals surface area contributed by atoms with Crippen LogP contribution in [0.1, 0.15) is 24.0 Å². The molecule has 142 valence electrons. The number of para-hydroxylation sites is 1. The number of amides is 1. The lowest BCUT2D eigenvalue weighted by Gasteiger charge is -2.32. The van der Waals surface area contributed by atoms with Gasteiger partial charge in [0.1, 0.15) is 5.69 Å². The maximum Gasteiger partial charge on any atom is 0.327 e. The van der Waals surface area contributed by atoms with Crippen molar-refractivity contribution in [2.45, 2.75) is 26.3 Å². The van der Waals surface area contributed by atoms with Gasteiger partial charge in [0.2, 0.25) is 11.7 Å². The Morgan fingerprint density at radius 1 is 1.22 bits per heavy atom. The molecule has 0 bridgehead atoms. The van der Waals surface area contributed by atoms with Crippen molar-refractivity contribution in [3.05, 3.63) is 69.5 Å². The lowest BCUT2D eigenvalue weighted by molar-refractivity contribution is -0.386. The number of nitrogens with zero attached hydrogens (tertiary/aromatic N) is 2. The summed E-state index contributed by atoms with van der Waals surface area (Å²) < 4.78 is 13.8. The normalized spacial score (nSPS) is 14.8. The van der Waals surface area contributed by atoms with Crippen LogP contribution < -0.4 is 10.2 Å². The summed E-state index contributed by atoms with van der Waals surface area (Å²) in [5.74, 6) is -0.987. The van der Waals surface area contributed by atoms with Gasteiger partial charge in [-0.1, -0.05) is 35.9 Å². The van der Waals surface area contributed by atoms with Crippen LogP contribution in [0.5, 0.6) is 0 Å². The van der Waals surface area contributed by atoms with E-state index in [1.807, 2.05) is 31.2 Å². The number of halogens is 1. The van der Waals surface area contributed by atoms with Gasteiger partial charge in [-0.25, -0.2) is 0 Å². The zero-order valence-corrected chi connectivity index (χ0v) is 15.2. The molecule has 0 saturated carbocycles. The van der Waals surface area contributed by atoms with Crippen LogP contribution in [0.3, 0.4) is 0 Å². The van der Waals surface area contributed by atoms with Gasteiger partial charge in [0.15, 0.2) is 0 Å². The molecule has 3 rings (SSSR count). The van der Waals surface area contributed by atoms with E-state index >= 15 is 0 Å². The van der Waals surface area contributed by atoms with Gasteiger partial charge < -0.3 is 10.2 Å². The smallest absolute Gasteiger partial charge is 0.327 e. The monoisotopic (exact) mass is 371 g/mol. The van der Waals surface area contributed by atoms with Crippen molar-refractivity contribution in [2.24, 2.45) is 5.92 Å². The lowest BCUT2D eigenvalue weighted by atomic mass is 9.95. The van der Waals surface area contributed by atoms with E-state index < -0.39 is 16.4 Å². The van der Waals surface area contributed by atoms with E-state index in [1.165, 1.54) is 11.6 Å². The van der Waals surface area contributed by atoms with Crippen molar-refractivity contribution in [3.63, 3.8) is 0 Å². The van der Waals surface area contributed by atoms with E-state index in [0.717, 1.165) is 11.6 Å². The average molecular weight is 371 g/mol. The Bertz CT molecular complexity index is 831. The number of anilines is 1. The van der Waals surface area contributed by atoms with Crippen LogP contribution in [0, 0.1) is 28.8 Å². The van der Waals surface area contributed by atoms with Gasteiger partial charge in [-0.15, -0.1) is 0 Å². The van der Waals surface area contributed by atoms with Crippen molar-refractivity contribution < 1.29 is 14.1 Å². The molecule has 1 aliphatic heterocycles. The third-order valence-corrected chi connectivity index (χ3v) is 4.94. The molecule has 0 aliphatic carbocycles. The highest BCUT2D eigenvalue weighted by Crippen LogP contribution is 2.33. The maximum atomic E-state index is 13.8. The van der Waals surface area contributed by atoms with Crippen molar-refractivity contribution in [1.29, 1.82) is 0 Å². The molecule has 1 amide bonds. The predicted octanol–water partition coefficient (Wildman–Crippen LogP) is 3.58. The highest BCUT2D eigenvalue weighted by molar-refractivity contribution is 5.79. The molecule has 0 spiro atoms. The van der Waals surface area contributed by atoms with Gasteiger partial charge >= 0.3 is 5.69 Å². The molecule has 1 aliphatic rings. The Kier molecular flexibility index (Phi) is 5.69. The van der Waals surface area contributed by atoms with Gasteiger partial charge in [0.05, 0.1) is 4.92 Å². The fourth-order valence-corrected chi connectivity index (χ4v) is 3.36. The Balaban J connectivity index is 1.57. The predicted molar refractivity (Wildman–Crippen MR) is 101 cm³/mol. The molecule has 27 heavy (non-hydrogen) atoms. The molecule has 1 saturated heterocycles. The van der Waals surface area contributed by atoms with Crippen LogP contribution in [0.4, 0.5) is 15.8 Å². The summed E-state index contributed by atoms with van der Waals surface area (Å²) >= 11 is 0. The number of benzene rings is 2. The molecule has 0 atom stereocenters. The fraction of sp³-hybridized carbons (Fsp3) is 0.350. The largest absolute Gasteiger partial charge is 0.366 e. The minimum Gasteiger partial charge on any atom is -0.366 e. The molecular formula is C20H22FN3O3. The Morgan fingerprint density at radius 2 is 1.89 bits per heavy atom. The number of carbonyl (C=O) groups excluding carboxylic acids is 1. The van der Waals surface area contributed by atoms with Gasteiger partial charge in [-0.3, -0.25) is 14.9 Å². The lowest BCUT2D eigenvalue weighted by Crippen LogP contribution is -2.40. The van der Waals surface area contributed by atoms with Crippen LogP contribution >= 0.6 is 0 Å². The quantitative estimate of drug-likeness (QED) is 0.644. The minimum atomic E-state index is -0.838. The topological polar surface area (TPSA) is 75.5 Å². The molecule has 0 unspecified atom stereocenters.